The molecular weight excluding hydrogens is 334 g/mol. The molecule has 3 N–H and O–H groups in total. The van der Waals surface area contributed by atoms with Crippen molar-refractivity contribution in [3.63, 3.8) is 0 Å². The lowest BCUT2D eigenvalue weighted by atomic mass is 10.1. The molecule has 1 amide bonds. The number of carbonyl (C=O) groups excluding carboxylic acids is 1. The Labute approximate surface area is 155 Å². The van der Waals surface area contributed by atoms with Gasteiger partial charge in [0, 0.05) is 12.5 Å². The Bertz CT molecular complexity index is 583. The molecular formula is C20H31NO5. The van der Waals surface area contributed by atoms with Crippen LogP contribution in [0, 0.1) is 0 Å². The van der Waals surface area contributed by atoms with E-state index in [1.807, 2.05) is 6.92 Å². The van der Waals surface area contributed by atoms with Crippen LogP contribution in [0.15, 0.2) is 34.9 Å². The van der Waals surface area contributed by atoms with Gasteiger partial charge in [0.15, 0.2) is 0 Å². The summed E-state index contributed by atoms with van der Waals surface area (Å²) in [5, 5.41) is 20.0. The number of carboxylic acid groups (broad SMARTS) is 2. The Morgan fingerprint density at radius 1 is 0.885 bits per heavy atom. The Kier molecular flexibility index (Phi) is 11.7. The van der Waals surface area contributed by atoms with Crippen molar-refractivity contribution in [2.45, 2.75) is 72.3 Å². The fraction of sp³-hybridized carbons (Fsp3) is 0.550. The molecule has 6 heteroatoms. The molecule has 6 nitrogen and oxygen atoms in total. The average molecular weight is 365 g/mol. The van der Waals surface area contributed by atoms with Gasteiger partial charge in [-0.15, -0.1) is 0 Å². The highest BCUT2D eigenvalue weighted by Crippen LogP contribution is 2.11. The van der Waals surface area contributed by atoms with Gasteiger partial charge in [0.1, 0.15) is 6.04 Å². The summed E-state index contributed by atoms with van der Waals surface area (Å²) in [7, 11) is 0. The summed E-state index contributed by atoms with van der Waals surface area (Å²) in [4.78, 5) is 33.5. The molecule has 0 unspecified atom stereocenters. The normalized spacial score (nSPS) is 13.1. The van der Waals surface area contributed by atoms with Crippen molar-refractivity contribution in [1.82, 2.24) is 5.32 Å². The zero-order valence-corrected chi connectivity index (χ0v) is 16.2. The van der Waals surface area contributed by atoms with E-state index in [2.05, 4.69) is 38.2 Å². The van der Waals surface area contributed by atoms with Crippen molar-refractivity contribution in [3.8, 4) is 0 Å². The fourth-order valence-electron chi connectivity index (χ4n) is 2.27. The predicted octanol–water partition coefficient (Wildman–Crippen LogP) is 3.84. The highest BCUT2D eigenvalue weighted by molar-refractivity contribution is 5.91. The smallest absolute Gasteiger partial charge is 0.326 e. The first-order chi connectivity index (χ1) is 12.1. The maximum absolute atomic E-state index is 11.9. The zero-order valence-electron chi connectivity index (χ0n) is 16.2. The molecule has 146 valence electrons. The van der Waals surface area contributed by atoms with E-state index in [1.165, 1.54) is 17.2 Å². The number of carbonyl (C=O) groups is 3. The minimum absolute atomic E-state index is 0.142. The summed E-state index contributed by atoms with van der Waals surface area (Å²) in [5.74, 6) is -2.84. The zero-order chi connectivity index (χ0) is 20.1. The summed E-state index contributed by atoms with van der Waals surface area (Å²) < 4.78 is 0. The van der Waals surface area contributed by atoms with E-state index in [4.69, 9.17) is 10.2 Å². The van der Waals surface area contributed by atoms with Crippen LogP contribution >= 0.6 is 0 Å². The molecule has 0 radical (unpaired) electrons. The third-order valence-corrected chi connectivity index (χ3v) is 3.76. The van der Waals surface area contributed by atoms with Gasteiger partial charge >= 0.3 is 11.9 Å². The van der Waals surface area contributed by atoms with Crippen molar-refractivity contribution in [2.75, 3.05) is 0 Å². The molecule has 26 heavy (non-hydrogen) atoms. The lowest BCUT2D eigenvalue weighted by Crippen LogP contribution is -2.40. The van der Waals surface area contributed by atoms with Crippen LogP contribution < -0.4 is 5.32 Å². The van der Waals surface area contributed by atoms with Crippen LogP contribution in [0.5, 0.6) is 0 Å². The molecule has 0 fully saturated rings. The lowest BCUT2D eigenvalue weighted by Gasteiger charge is -2.12. The number of carboxylic acids is 2. The Morgan fingerprint density at radius 3 is 2.00 bits per heavy atom. The summed E-state index contributed by atoms with van der Waals surface area (Å²) in [6.07, 6.45) is 8.85. The second kappa shape index (κ2) is 12.9. The first-order valence-corrected chi connectivity index (χ1v) is 8.83. The van der Waals surface area contributed by atoms with E-state index in [-0.39, 0.29) is 12.8 Å². The summed E-state index contributed by atoms with van der Waals surface area (Å²) in [5.41, 5.74) is 3.46. The Balaban J connectivity index is 4.42. The van der Waals surface area contributed by atoms with Gasteiger partial charge in [-0.3, -0.25) is 9.59 Å². The Hall–Kier alpha value is -2.37. The molecule has 0 heterocycles. The number of amides is 1. The number of rotatable bonds is 12. The number of hydrogen-bond donors (Lipinski definition) is 3. The van der Waals surface area contributed by atoms with Gasteiger partial charge in [0.25, 0.3) is 0 Å². The van der Waals surface area contributed by atoms with E-state index in [1.54, 1.807) is 0 Å². The van der Waals surface area contributed by atoms with Gasteiger partial charge in [-0.25, -0.2) is 4.79 Å². The summed E-state index contributed by atoms with van der Waals surface area (Å²) in [6, 6.07) is -1.19. The molecule has 0 aromatic carbocycles. The van der Waals surface area contributed by atoms with Crippen molar-refractivity contribution in [2.24, 2.45) is 0 Å². The van der Waals surface area contributed by atoms with Gasteiger partial charge in [0.2, 0.25) is 5.91 Å². The monoisotopic (exact) mass is 365 g/mol. The minimum atomic E-state index is -1.24. The number of aliphatic carboxylic acids is 2. The van der Waals surface area contributed by atoms with Crippen LogP contribution in [0.4, 0.5) is 0 Å². The van der Waals surface area contributed by atoms with Gasteiger partial charge in [-0.1, -0.05) is 28.9 Å². The van der Waals surface area contributed by atoms with Crippen LogP contribution in [0.2, 0.25) is 0 Å². The maximum Gasteiger partial charge on any atom is 0.326 e. The SMILES string of the molecule is CC(C)=CCC/C(C)=C/CC/C(C)=C/C(=O)N[C@H](CCC(=O)O)C(=O)O. The third-order valence-electron chi connectivity index (χ3n) is 3.76. The Morgan fingerprint density at radius 2 is 1.46 bits per heavy atom. The van der Waals surface area contributed by atoms with E-state index in [9.17, 15) is 14.4 Å². The predicted molar refractivity (Wildman–Crippen MR) is 102 cm³/mol. The van der Waals surface area contributed by atoms with Gasteiger partial charge in [-0.2, -0.15) is 0 Å². The summed E-state index contributed by atoms with van der Waals surface area (Å²) in [6.45, 7) is 8.06. The molecule has 1 atom stereocenters. The van der Waals surface area contributed by atoms with E-state index >= 15 is 0 Å². The molecule has 0 aromatic rings. The average Bonchev–Trinajstić information content (AvgIpc) is 2.50. The standard InChI is InChI=1S/C20H31NO5/c1-14(2)7-5-8-15(3)9-6-10-16(4)13-18(22)21-17(20(25)26)11-12-19(23)24/h7,9,13,17H,5-6,8,10-12H2,1-4H3,(H,21,22)(H,23,24)(H,25,26)/b15-9+,16-13+/t17-/m1/s1. The lowest BCUT2D eigenvalue weighted by molar-refractivity contribution is -0.142. The van der Waals surface area contributed by atoms with E-state index in [0.717, 1.165) is 24.8 Å². The first-order valence-electron chi connectivity index (χ1n) is 8.83. The molecule has 0 bridgehead atoms. The van der Waals surface area contributed by atoms with Gasteiger partial charge < -0.3 is 15.5 Å². The molecule has 0 aliphatic heterocycles. The first kappa shape index (κ1) is 23.6. The molecule has 0 rings (SSSR count). The van der Waals surface area contributed by atoms with Crippen LogP contribution in [0.3, 0.4) is 0 Å². The van der Waals surface area contributed by atoms with Crippen LogP contribution in [-0.4, -0.2) is 34.1 Å². The van der Waals surface area contributed by atoms with Crippen molar-refractivity contribution >= 4 is 17.8 Å². The maximum atomic E-state index is 11.9. The van der Waals surface area contributed by atoms with Gasteiger partial charge in [0.05, 0.1) is 0 Å². The molecule has 0 aromatic heterocycles. The quantitative estimate of drug-likeness (QED) is 0.360. The number of hydrogen-bond acceptors (Lipinski definition) is 3. The van der Waals surface area contributed by atoms with Crippen LogP contribution in [-0.2, 0) is 14.4 Å². The molecule has 0 spiro atoms. The van der Waals surface area contributed by atoms with E-state index < -0.39 is 23.9 Å². The van der Waals surface area contributed by atoms with E-state index in [0.29, 0.717) is 6.42 Å². The van der Waals surface area contributed by atoms with Crippen molar-refractivity contribution in [3.05, 3.63) is 34.9 Å². The highest BCUT2D eigenvalue weighted by atomic mass is 16.4. The number of allylic oxidation sites excluding steroid dienone is 5. The minimum Gasteiger partial charge on any atom is -0.481 e. The largest absolute Gasteiger partial charge is 0.481 e. The molecule has 0 saturated carbocycles. The molecule has 0 saturated heterocycles. The van der Waals surface area contributed by atoms with Crippen LogP contribution in [0.25, 0.3) is 0 Å². The van der Waals surface area contributed by atoms with Crippen LogP contribution in [0.1, 0.15) is 66.2 Å². The van der Waals surface area contributed by atoms with Gasteiger partial charge in [-0.05, 0) is 59.8 Å². The molecule has 0 aliphatic rings. The van der Waals surface area contributed by atoms with Crippen molar-refractivity contribution in [1.29, 1.82) is 0 Å². The topological polar surface area (TPSA) is 104 Å². The molecule has 0 aliphatic carbocycles. The fourth-order valence-corrected chi connectivity index (χ4v) is 2.27. The second-order valence-corrected chi connectivity index (χ2v) is 6.73. The highest BCUT2D eigenvalue weighted by Gasteiger charge is 2.20. The number of nitrogens with one attached hydrogen (secondary N) is 1. The van der Waals surface area contributed by atoms with Crippen molar-refractivity contribution < 1.29 is 24.6 Å². The summed E-state index contributed by atoms with van der Waals surface area (Å²) >= 11 is 0. The second-order valence-electron chi connectivity index (χ2n) is 6.73. The third kappa shape index (κ3) is 13.0.